The van der Waals surface area contributed by atoms with Gasteiger partial charge in [-0.3, -0.25) is 4.99 Å². The molecule has 1 unspecified atom stereocenters. The zero-order chi connectivity index (χ0) is 14.4. The first-order chi connectivity index (χ1) is 9.65. The number of halogens is 1. The van der Waals surface area contributed by atoms with E-state index in [9.17, 15) is 0 Å². The molecular formula is C15H26IN3OS. The van der Waals surface area contributed by atoms with Crippen molar-refractivity contribution in [2.45, 2.75) is 45.3 Å². The number of aryl methyl sites for hydroxylation is 1. The minimum Gasteiger partial charge on any atom is -0.373 e. The van der Waals surface area contributed by atoms with E-state index in [1.807, 2.05) is 11.3 Å². The van der Waals surface area contributed by atoms with E-state index >= 15 is 0 Å². The van der Waals surface area contributed by atoms with Gasteiger partial charge in [-0.05, 0) is 38.3 Å². The van der Waals surface area contributed by atoms with Crippen LogP contribution in [0.5, 0.6) is 0 Å². The lowest BCUT2D eigenvalue weighted by Gasteiger charge is -2.24. The molecule has 2 heterocycles. The van der Waals surface area contributed by atoms with Gasteiger partial charge in [-0.1, -0.05) is 6.92 Å². The average molecular weight is 423 g/mol. The van der Waals surface area contributed by atoms with E-state index in [4.69, 9.17) is 4.74 Å². The lowest BCUT2D eigenvalue weighted by atomic mass is 10.0. The molecule has 2 rings (SSSR count). The van der Waals surface area contributed by atoms with E-state index in [-0.39, 0.29) is 29.6 Å². The molecule has 0 saturated carbocycles. The topological polar surface area (TPSA) is 45.7 Å². The highest BCUT2D eigenvalue weighted by Crippen LogP contribution is 2.23. The van der Waals surface area contributed by atoms with Gasteiger partial charge in [0.25, 0.3) is 0 Å². The molecule has 1 fully saturated rings. The number of ether oxygens (including phenoxy) is 1. The number of nitrogens with zero attached hydrogens (tertiary/aromatic N) is 1. The number of guanidine groups is 1. The summed E-state index contributed by atoms with van der Waals surface area (Å²) in [6.45, 7) is 6.84. The Bertz CT molecular complexity index is 456. The third kappa shape index (κ3) is 5.75. The highest BCUT2D eigenvalue weighted by atomic mass is 127. The summed E-state index contributed by atoms with van der Waals surface area (Å²) in [4.78, 5) is 7.03. The van der Waals surface area contributed by atoms with Crippen LogP contribution in [0.3, 0.4) is 0 Å². The predicted molar refractivity (Wildman–Crippen MR) is 101 cm³/mol. The minimum absolute atomic E-state index is 0. The summed E-state index contributed by atoms with van der Waals surface area (Å²) in [5.74, 6) is 0.841. The Morgan fingerprint density at radius 1 is 1.38 bits per heavy atom. The van der Waals surface area contributed by atoms with E-state index < -0.39 is 0 Å². The minimum atomic E-state index is -0.0457. The number of hydrogen-bond donors (Lipinski definition) is 2. The summed E-state index contributed by atoms with van der Waals surface area (Å²) in [5.41, 5.74) is -0.0457. The maximum absolute atomic E-state index is 5.77. The number of hydrogen-bond acceptors (Lipinski definition) is 3. The Labute approximate surface area is 148 Å². The molecule has 0 amide bonds. The molecule has 6 heteroatoms. The molecule has 1 aliphatic heterocycles. The fourth-order valence-corrected chi connectivity index (χ4v) is 3.24. The van der Waals surface area contributed by atoms with Gasteiger partial charge in [0.2, 0.25) is 0 Å². The summed E-state index contributed by atoms with van der Waals surface area (Å²) in [5, 5.41) is 6.72. The highest BCUT2D eigenvalue weighted by molar-refractivity contribution is 14.0. The Hall–Kier alpha value is -0.340. The first-order valence-corrected chi connectivity index (χ1v) is 8.13. The van der Waals surface area contributed by atoms with Crippen molar-refractivity contribution in [1.82, 2.24) is 10.6 Å². The average Bonchev–Trinajstić information content (AvgIpc) is 3.08. The fourth-order valence-electron chi connectivity index (χ4n) is 2.35. The first kappa shape index (κ1) is 18.7. The van der Waals surface area contributed by atoms with Crippen molar-refractivity contribution in [2.24, 2.45) is 4.99 Å². The van der Waals surface area contributed by atoms with Crippen LogP contribution in [-0.4, -0.2) is 31.8 Å². The number of thiophene rings is 1. The van der Waals surface area contributed by atoms with Gasteiger partial charge >= 0.3 is 0 Å². The number of nitrogens with one attached hydrogen (secondary N) is 2. The molecule has 21 heavy (non-hydrogen) atoms. The van der Waals surface area contributed by atoms with Crippen molar-refractivity contribution in [3.63, 3.8) is 0 Å². The molecule has 1 aliphatic rings. The van der Waals surface area contributed by atoms with Crippen molar-refractivity contribution in [3.8, 4) is 0 Å². The van der Waals surface area contributed by atoms with Gasteiger partial charge in [0, 0.05) is 30.0 Å². The Morgan fingerprint density at radius 2 is 2.14 bits per heavy atom. The first-order valence-electron chi connectivity index (χ1n) is 7.31. The molecule has 0 bridgehead atoms. The molecule has 0 aromatic carbocycles. The quantitative estimate of drug-likeness (QED) is 0.435. The molecular weight excluding hydrogens is 397 g/mol. The van der Waals surface area contributed by atoms with Crippen molar-refractivity contribution < 1.29 is 4.74 Å². The Kier molecular flexibility index (Phi) is 7.97. The second-order valence-corrected chi connectivity index (χ2v) is 6.66. The van der Waals surface area contributed by atoms with E-state index in [1.54, 1.807) is 7.05 Å². The normalized spacial score (nSPS) is 22.0. The van der Waals surface area contributed by atoms with Crippen LogP contribution in [0.15, 0.2) is 17.1 Å². The van der Waals surface area contributed by atoms with Gasteiger partial charge in [-0.25, -0.2) is 0 Å². The maximum atomic E-state index is 5.77. The number of aliphatic imine (C=N–C) groups is 1. The van der Waals surface area contributed by atoms with Crippen LogP contribution in [0.25, 0.3) is 0 Å². The van der Waals surface area contributed by atoms with Crippen LogP contribution < -0.4 is 10.6 Å². The zero-order valence-electron chi connectivity index (χ0n) is 13.1. The summed E-state index contributed by atoms with van der Waals surface area (Å²) in [6.07, 6.45) is 3.37. The van der Waals surface area contributed by atoms with Crippen LogP contribution in [0.4, 0.5) is 0 Å². The van der Waals surface area contributed by atoms with Crippen LogP contribution >= 0.6 is 35.3 Å². The Morgan fingerprint density at radius 3 is 2.71 bits per heavy atom. The number of rotatable bonds is 5. The smallest absolute Gasteiger partial charge is 0.191 e. The second kappa shape index (κ2) is 8.95. The fraction of sp³-hybridized carbons (Fsp3) is 0.667. The van der Waals surface area contributed by atoms with Crippen LogP contribution in [0, 0.1) is 0 Å². The zero-order valence-corrected chi connectivity index (χ0v) is 16.2. The van der Waals surface area contributed by atoms with Crippen molar-refractivity contribution in [3.05, 3.63) is 21.9 Å². The summed E-state index contributed by atoms with van der Waals surface area (Å²) < 4.78 is 5.77. The van der Waals surface area contributed by atoms with Gasteiger partial charge < -0.3 is 15.4 Å². The largest absolute Gasteiger partial charge is 0.373 e. The predicted octanol–water partition coefficient (Wildman–Crippen LogP) is 3.16. The molecule has 2 N–H and O–H groups in total. The molecule has 120 valence electrons. The SMILES string of the molecule is CCc1ccc(CNC(=NC)NCC2(C)CCCO2)s1.I. The summed E-state index contributed by atoms with van der Waals surface area (Å²) in [6, 6.07) is 4.39. The van der Waals surface area contributed by atoms with Crippen molar-refractivity contribution in [2.75, 3.05) is 20.2 Å². The maximum Gasteiger partial charge on any atom is 0.191 e. The lowest BCUT2D eigenvalue weighted by Crippen LogP contribution is -2.45. The van der Waals surface area contributed by atoms with Crippen molar-refractivity contribution in [1.29, 1.82) is 0 Å². The summed E-state index contributed by atoms with van der Waals surface area (Å²) >= 11 is 1.86. The van der Waals surface area contributed by atoms with E-state index in [2.05, 4.69) is 41.6 Å². The van der Waals surface area contributed by atoms with Crippen LogP contribution in [0.1, 0.15) is 36.4 Å². The third-order valence-electron chi connectivity index (χ3n) is 3.65. The van der Waals surface area contributed by atoms with Gasteiger partial charge in [-0.2, -0.15) is 0 Å². The van der Waals surface area contributed by atoms with Crippen LogP contribution in [0.2, 0.25) is 0 Å². The highest BCUT2D eigenvalue weighted by Gasteiger charge is 2.29. The standard InChI is InChI=1S/C15H25N3OS.HI/c1-4-12-6-7-13(20-12)10-17-14(16-3)18-11-15(2)8-5-9-19-15;/h6-7H,4-5,8-11H2,1-3H3,(H2,16,17,18);1H. The van der Waals surface area contributed by atoms with E-state index in [1.165, 1.54) is 9.75 Å². The van der Waals surface area contributed by atoms with E-state index in [0.717, 1.165) is 44.9 Å². The molecule has 1 aromatic heterocycles. The van der Waals surface area contributed by atoms with Crippen molar-refractivity contribution >= 4 is 41.3 Å². The van der Waals surface area contributed by atoms with Gasteiger partial charge in [-0.15, -0.1) is 35.3 Å². The third-order valence-corrected chi connectivity index (χ3v) is 4.88. The molecule has 1 aromatic rings. The Balaban J connectivity index is 0.00000220. The van der Waals surface area contributed by atoms with Crippen LogP contribution in [-0.2, 0) is 17.7 Å². The molecule has 1 saturated heterocycles. The van der Waals surface area contributed by atoms with Gasteiger partial charge in [0.05, 0.1) is 12.1 Å². The molecule has 0 aliphatic carbocycles. The molecule has 1 atom stereocenters. The van der Waals surface area contributed by atoms with Gasteiger partial charge in [0.15, 0.2) is 5.96 Å². The summed E-state index contributed by atoms with van der Waals surface area (Å²) in [7, 11) is 1.80. The molecule has 0 radical (unpaired) electrons. The second-order valence-electron chi connectivity index (χ2n) is 5.40. The monoisotopic (exact) mass is 423 g/mol. The van der Waals surface area contributed by atoms with Gasteiger partial charge in [0.1, 0.15) is 0 Å². The van der Waals surface area contributed by atoms with E-state index in [0.29, 0.717) is 0 Å². The lowest BCUT2D eigenvalue weighted by molar-refractivity contribution is 0.0243. The molecule has 4 nitrogen and oxygen atoms in total. The molecule has 0 spiro atoms.